The van der Waals surface area contributed by atoms with Crippen LogP contribution in [0.25, 0.3) is 5.69 Å². The maximum atomic E-state index is 13.1. The molecule has 0 spiro atoms. The molecule has 11 heteroatoms. The molecule has 0 bridgehead atoms. The number of hydrogen-bond acceptors (Lipinski definition) is 5. The molecule has 1 aliphatic heterocycles. The molecule has 1 aromatic heterocycles. The molecule has 0 unspecified atom stereocenters. The number of nitrogens with zero attached hydrogens (tertiary/aromatic N) is 4. The summed E-state index contributed by atoms with van der Waals surface area (Å²) >= 11 is 0. The second-order valence-electron chi connectivity index (χ2n) is 7.04. The zero-order chi connectivity index (χ0) is 21.5. The number of nitrogens with one attached hydrogen (secondary N) is 1. The highest BCUT2D eigenvalue weighted by atomic mass is 19.4. The maximum Gasteiger partial charge on any atom is 0.416 e. The number of amides is 3. The van der Waals surface area contributed by atoms with Gasteiger partial charge in [-0.15, -0.1) is 0 Å². The van der Waals surface area contributed by atoms with Crippen LogP contribution in [0.1, 0.15) is 18.4 Å². The summed E-state index contributed by atoms with van der Waals surface area (Å²) in [5.41, 5.74) is -0.976. The van der Waals surface area contributed by atoms with Gasteiger partial charge in [0.15, 0.2) is 0 Å². The molecule has 1 fully saturated rings. The van der Waals surface area contributed by atoms with Crippen LogP contribution in [0.4, 0.5) is 18.9 Å². The minimum atomic E-state index is -4.62. The summed E-state index contributed by atoms with van der Waals surface area (Å²) < 4.78 is 40.6. The lowest BCUT2D eigenvalue weighted by molar-refractivity contribution is -0.142. The number of imide groups is 1. The van der Waals surface area contributed by atoms with Crippen LogP contribution in [0.15, 0.2) is 43.0 Å². The van der Waals surface area contributed by atoms with E-state index in [-0.39, 0.29) is 11.4 Å². The highest BCUT2D eigenvalue weighted by Gasteiger charge is 2.47. The number of likely N-dealkylation sites (tertiary alicyclic amines) is 1. The second-order valence-corrected chi connectivity index (χ2v) is 7.04. The van der Waals surface area contributed by atoms with Gasteiger partial charge in [0.05, 0.1) is 28.8 Å². The quantitative estimate of drug-likeness (QED) is 0.605. The average Bonchev–Trinajstić information content (AvgIpc) is 3.31. The summed E-state index contributed by atoms with van der Waals surface area (Å²) in [7, 11) is 0. The first-order valence-corrected chi connectivity index (χ1v) is 9.12. The lowest BCUT2D eigenvalue weighted by Gasteiger charge is -2.17. The molecular formula is C19H16F3N5O3. The van der Waals surface area contributed by atoms with Crippen molar-refractivity contribution < 1.29 is 27.6 Å². The van der Waals surface area contributed by atoms with Crippen molar-refractivity contribution in [2.24, 2.45) is 11.8 Å². The van der Waals surface area contributed by atoms with Gasteiger partial charge in [-0.25, -0.2) is 9.67 Å². The number of carbonyl (C=O) groups excluding carboxylic acids is 3. The van der Waals surface area contributed by atoms with Crippen molar-refractivity contribution in [1.82, 2.24) is 19.7 Å². The van der Waals surface area contributed by atoms with E-state index in [1.165, 1.54) is 17.3 Å². The lowest BCUT2D eigenvalue weighted by atomic mass is 9.85. The third-order valence-electron chi connectivity index (χ3n) is 5.16. The van der Waals surface area contributed by atoms with Crippen molar-refractivity contribution in [2.75, 3.05) is 11.9 Å². The van der Waals surface area contributed by atoms with Gasteiger partial charge in [0.1, 0.15) is 19.2 Å². The molecule has 30 heavy (non-hydrogen) atoms. The van der Waals surface area contributed by atoms with Crippen LogP contribution in [0.2, 0.25) is 0 Å². The maximum absolute atomic E-state index is 13.1. The predicted octanol–water partition coefficient (Wildman–Crippen LogP) is 2.18. The second kappa shape index (κ2) is 7.39. The molecule has 4 rings (SSSR count). The van der Waals surface area contributed by atoms with Gasteiger partial charge in [-0.05, 0) is 31.0 Å². The van der Waals surface area contributed by atoms with E-state index in [4.69, 9.17) is 0 Å². The predicted molar refractivity (Wildman–Crippen MR) is 97.1 cm³/mol. The standard InChI is InChI=1S/C19H16F3N5O3/c20-19(21,22)11-5-6-15(27-10-23-9-24-27)14(7-11)25-16(28)8-26-17(29)12-3-1-2-4-13(12)18(26)30/h1-2,5-7,9-10,12-13H,3-4,8H2,(H,25,28)/t12-,13-/m0/s1. The smallest absolute Gasteiger partial charge is 0.323 e. The summed E-state index contributed by atoms with van der Waals surface area (Å²) in [5.74, 6) is -2.65. The number of allylic oxidation sites excluding steroid dienone is 2. The van der Waals surface area contributed by atoms with Gasteiger partial charge in [0, 0.05) is 0 Å². The van der Waals surface area contributed by atoms with Crippen molar-refractivity contribution in [2.45, 2.75) is 19.0 Å². The van der Waals surface area contributed by atoms with Crippen LogP contribution in [0, 0.1) is 11.8 Å². The Bertz CT molecular complexity index is 1010. The molecule has 0 radical (unpaired) electrons. The van der Waals surface area contributed by atoms with E-state index < -0.39 is 47.8 Å². The highest BCUT2D eigenvalue weighted by molar-refractivity contribution is 6.09. The van der Waals surface area contributed by atoms with Crippen molar-refractivity contribution >= 4 is 23.4 Å². The Hall–Kier alpha value is -3.50. The molecule has 8 nitrogen and oxygen atoms in total. The van der Waals surface area contributed by atoms with E-state index in [9.17, 15) is 27.6 Å². The summed E-state index contributed by atoms with van der Waals surface area (Å²) in [6.45, 7) is -0.572. The van der Waals surface area contributed by atoms with Crippen molar-refractivity contribution in [3.05, 3.63) is 48.6 Å². The number of hydrogen-bond donors (Lipinski definition) is 1. The molecule has 1 N–H and O–H groups in total. The normalized spacial score (nSPS) is 21.1. The highest BCUT2D eigenvalue weighted by Crippen LogP contribution is 2.35. The Morgan fingerprint density at radius 1 is 1.13 bits per heavy atom. The minimum absolute atomic E-state index is 0.158. The van der Waals surface area contributed by atoms with E-state index in [0.717, 1.165) is 23.1 Å². The first kappa shape index (κ1) is 19.8. The molecule has 1 saturated heterocycles. The zero-order valence-corrected chi connectivity index (χ0v) is 15.5. The number of carbonyl (C=O) groups is 3. The third-order valence-corrected chi connectivity index (χ3v) is 5.16. The number of aromatic nitrogens is 3. The Balaban J connectivity index is 1.57. The molecule has 2 aliphatic rings. The minimum Gasteiger partial charge on any atom is -0.323 e. The van der Waals surface area contributed by atoms with Gasteiger partial charge >= 0.3 is 6.18 Å². The third kappa shape index (κ3) is 3.58. The van der Waals surface area contributed by atoms with E-state index in [1.54, 1.807) is 0 Å². The Labute approximate surface area is 168 Å². The summed E-state index contributed by atoms with van der Waals surface area (Å²) in [6.07, 6.45) is 2.34. The van der Waals surface area contributed by atoms with Crippen molar-refractivity contribution in [3.8, 4) is 5.69 Å². The van der Waals surface area contributed by atoms with Gasteiger partial charge in [0.25, 0.3) is 0 Å². The number of anilines is 1. The number of alkyl halides is 3. The van der Waals surface area contributed by atoms with Gasteiger partial charge < -0.3 is 5.32 Å². The molecule has 2 aromatic rings. The molecule has 156 valence electrons. The molecule has 1 aliphatic carbocycles. The molecule has 1 aromatic carbocycles. The number of fused-ring (bicyclic) bond motifs is 1. The SMILES string of the molecule is O=C(CN1C(=O)[C@H]2CC=CC[C@@H]2C1=O)Nc1cc(C(F)(F)F)ccc1-n1cncn1. The lowest BCUT2D eigenvalue weighted by Crippen LogP contribution is -2.38. The van der Waals surface area contributed by atoms with Crippen LogP contribution in [0.5, 0.6) is 0 Å². The van der Waals surface area contributed by atoms with Crippen LogP contribution in [-0.2, 0) is 20.6 Å². The van der Waals surface area contributed by atoms with Crippen molar-refractivity contribution in [1.29, 1.82) is 0 Å². The Kier molecular flexibility index (Phi) is 4.88. The first-order valence-electron chi connectivity index (χ1n) is 9.12. The van der Waals surface area contributed by atoms with Gasteiger partial charge in [0.2, 0.25) is 17.7 Å². The topological polar surface area (TPSA) is 97.2 Å². The van der Waals surface area contributed by atoms with Crippen LogP contribution in [0.3, 0.4) is 0 Å². The number of rotatable bonds is 4. The largest absolute Gasteiger partial charge is 0.416 e. The monoisotopic (exact) mass is 419 g/mol. The number of benzene rings is 1. The van der Waals surface area contributed by atoms with E-state index >= 15 is 0 Å². The fourth-order valence-electron chi connectivity index (χ4n) is 3.70. The molecule has 2 heterocycles. The molecular weight excluding hydrogens is 403 g/mol. The van der Waals surface area contributed by atoms with Gasteiger partial charge in [-0.3, -0.25) is 19.3 Å². The first-order chi connectivity index (χ1) is 14.3. The van der Waals surface area contributed by atoms with E-state index in [0.29, 0.717) is 12.8 Å². The fourth-order valence-corrected chi connectivity index (χ4v) is 3.70. The van der Waals surface area contributed by atoms with Gasteiger partial charge in [-0.2, -0.15) is 18.3 Å². The summed E-state index contributed by atoms with van der Waals surface area (Å²) in [6, 6.07) is 2.78. The number of halogens is 3. The summed E-state index contributed by atoms with van der Waals surface area (Å²) in [4.78, 5) is 42.2. The average molecular weight is 419 g/mol. The van der Waals surface area contributed by atoms with Crippen LogP contribution >= 0.6 is 0 Å². The summed E-state index contributed by atoms with van der Waals surface area (Å²) in [5, 5.41) is 6.24. The zero-order valence-electron chi connectivity index (χ0n) is 15.5. The van der Waals surface area contributed by atoms with E-state index in [1.807, 2.05) is 12.2 Å². The van der Waals surface area contributed by atoms with Crippen LogP contribution < -0.4 is 5.32 Å². The van der Waals surface area contributed by atoms with Crippen LogP contribution in [-0.4, -0.2) is 43.9 Å². The molecule has 3 amide bonds. The van der Waals surface area contributed by atoms with Crippen molar-refractivity contribution in [3.63, 3.8) is 0 Å². The van der Waals surface area contributed by atoms with E-state index in [2.05, 4.69) is 15.4 Å². The van der Waals surface area contributed by atoms with Gasteiger partial charge in [-0.1, -0.05) is 12.2 Å². The fraction of sp³-hybridized carbons (Fsp3) is 0.316. The molecule has 2 atom stereocenters. The molecule has 0 saturated carbocycles. The Morgan fingerprint density at radius 3 is 2.37 bits per heavy atom. The Morgan fingerprint density at radius 2 is 1.80 bits per heavy atom.